The third-order valence-electron chi connectivity index (χ3n) is 4.77. The molecule has 9 nitrogen and oxygen atoms in total. The lowest BCUT2D eigenvalue weighted by Gasteiger charge is -2.13. The molecular formula is C22H18N6O3S. The van der Waals surface area contributed by atoms with Crippen LogP contribution in [0.2, 0.25) is 0 Å². The number of benzene rings is 2. The molecule has 0 saturated heterocycles. The van der Waals surface area contributed by atoms with Crippen LogP contribution in [-0.4, -0.2) is 46.4 Å². The Balaban J connectivity index is 1.83. The minimum absolute atomic E-state index is 0.111. The first kappa shape index (κ1) is 21.2. The zero-order chi connectivity index (χ0) is 22.9. The highest BCUT2D eigenvalue weighted by Crippen LogP contribution is 2.21. The van der Waals surface area contributed by atoms with Crippen LogP contribution in [0.1, 0.15) is 5.56 Å². The monoisotopic (exact) mass is 446 g/mol. The van der Waals surface area contributed by atoms with Gasteiger partial charge in [0, 0.05) is 26.4 Å². The summed E-state index contributed by atoms with van der Waals surface area (Å²) in [6.45, 7) is 0. The number of aromatic nitrogens is 4. The smallest absolute Gasteiger partial charge is 0.242 e. The van der Waals surface area contributed by atoms with Crippen LogP contribution in [-0.2, 0) is 10.0 Å². The Morgan fingerprint density at radius 1 is 1.00 bits per heavy atom. The number of hydrogen-bond donors (Lipinski definition) is 0. The average Bonchev–Trinajstić information content (AvgIpc) is 3.29. The SMILES string of the molecule is CN(C)S(=O)(=O)c1cccc(-n2ccc(=O)c(-c3ccnn3-c3cccc(C#N)c3)n2)c1. The predicted octanol–water partition coefficient (Wildman–Crippen LogP) is 2.21. The van der Waals surface area contributed by atoms with Crippen molar-refractivity contribution < 1.29 is 8.42 Å². The maximum Gasteiger partial charge on any atom is 0.242 e. The van der Waals surface area contributed by atoms with E-state index in [0.717, 1.165) is 4.31 Å². The topological polar surface area (TPSA) is 114 Å². The molecule has 0 unspecified atom stereocenters. The second-order valence-electron chi connectivity index (χ2n) is 7.05. The minimum Gasteiger partial charge on any atom is -0.287 e. The summed E-state index contributed by atoms with van der Waals surface area (Å²) in [5, 5.41) is 17.9. The minimum atomic E-state index is -3.63. The van der Waals surface area contributed by atoms with Crippen LogP contribution >= 0.6 is 0 Å². The van der Waals surface area contributed by atoms with E-state index in [1.807, 2.05) is 0 Å². The largest absolute Gasteiger partial charge is 0.287 e. The molecule has 0 spiro atoms. The summed E-state index contributed by atoms with van der Waals surface area (Å²) in [5.74, 6) is 0. The highest BCUT2D eigenvalue weighted by atomic mass is 32.2. The van der Waals surface area contributed by atoms with E-state index in [1.165, 1.54) is 54.1 Å². The fraction of sp³-hybridized carbons (Fsp3) is 0.0909. The van der Waals surface area contributed by atoms with E-state index >= 15 is 0 Å². The van der Waals surface area contributed by atoms with Gasteiger partial charge in [-0.3, -0.25) is 4.79 Å². The van der Waals surface area contributed by atoms with Gasteiger partial charge >= 0.3 is 0 Å². The molecule has 2 aromatic carbocycles. The maximum atomic E-state index is 12.7. The molecule has 2 heterocycles. The molecule has 160 valence electrons. The van der Waals surface area contributed by atoms with E-state index in [9.17, 15) is 18.5 Å². The summed E-state index contributed by atoms with van der Waals surface area (Å²) in [7, 11) is -0.711. The van der Waals surface area contributed by atoms with Crippen molar-refractivity contribution in [1.82, 2.24) is 23.9 Å². The van der Waals surface area contributed by atoms with Crippen LogP contribution in [0.4, 0.5) is 0 Å². The quantitative estimate of drug-likeness (QED) is 0.464. The highest BCUT2D eigenvalue weighted by molar-refractivity contribution is 7.89. The lowest BCUT2D eigenvalue weighted by Crippen LogP contribution is -2.22. The molecule has 0 N–H and O–H groups in total. The van der Waals surface area contributed by atoms with Crippen LogP contribution in [0.5, 0.6) is 0 Å². The van der Waals surface area contributed by atoms with Crippen LogP contribution < -0.4 is 5.43 Å². The van der Waals surface area contributed by atoms with Gasteiger partial charge in [-0.2, -0.15) is 15.5 Å². The van der Waals surface area contributed by atoms with Crippen molar-refractivity contribution in [2.45, 2.75) is 4.90 Å². The Hall–Kier alpha value is -4.07. The van der Waals surface area contributed by atoms with Gasteiger partial charge in [-0.15, -0.1) is 0 Å². The van der Waals surface area contributed by atoms with Crippen molar-refractivity contribution in [2.24, 2.45) is 0 Å². The number of rotatable bonds is 5. The first-order valence-corrected chi connectivity index (χ1v) is 10.9. The third kappa shape index (κ3) is 3.82. The van der Waals surface area contributed by atoms with E-state index < -0.39 is 10.0 Å². The van der Waals surface area contributed by atoms with Crippen LogP contribution in [0.15, 0.2) is 82.7 Å². The fourth-order valence-corrected chi connectivity index (χ4v) is 4.06. The van der Waals surface area contributed by atoms with E-state index in [0.29, 0.717) is 22.6 Å². The standard InChI is InChI=1S/C22H18N6O3S/c1-26(2)32(30,31)19-8-4-6-17(14-19)27-12-10-21(29)22(25-27)20-9-11-24-28(20)18-7-3-5-16(13-18)15-23/h3-14H,1-2H3. The zero-order valence-corrected chi connectivity index (χ0v) is 18.1. The Morgan fingerprint density at radius 2 is 1.75 bits per heavy atom. The Kier molecular flexibility index (Phi) is 5.44. The lowest BCUT2D eigenvalue weighted by atomic mass is 10.2. The first-order valence-electron chi connectivity index (χ1n) is 9.49. The number of hydrogen-bond acceptors (Lipinski definition) is 6. The molecule has 0 aliphatic heterocycles. The summed E-state index contributed by atoms with van der Waals surface area (Å²) in [6, 6.07) is 18.2. The molecule has 0 aliphatic rings. The van der Waals surface area contributed by atoms with Crippen molar-refractivity contribution in [2.75, 3.05) is 14.1 Å². The van der Waals surface area contributed by atoms with Gasteiger partial charge < -0.3 is 0 Å². The van der Waals surface area contributed by atoms with Crippen molar-refractivity contribution in [3.63, 3.8) is 0 Å². The molecule has 4 aromatic rings. The summed E-state index contributed by atoms with van der Waals surface area (Å²) in [4.78, 5) is 12.8. The Bertz CT molecular complexity index is 1510. The van der Waals surface area contributed by atoms with E-state index in [-0.39, 0.29) is 16.0 Å². The van der Waals surface area contributed by atoms with E-state index in [2.05, 4.69) is 16.3 Å². The first-order chi connectivity index (χ1) is 15.3. The molecular weight excluding hydrogens is 428 g/mol. The molecule has 0 bridgehead atoms. The maximum absolute atomic E-state index is 12.7. The summed E-state index contributed by atoms with van der Waals surface area (Å²) in [6.07, 6.45) is 3.02. The van der Waals surface area contributed by atoms with Gasteiger partial charge in [0.2, 0.25) is 15.5 Å². The highest BCUT2D eigenvalue weighted by Gasteiger charge is 2.18. The van der Waals surface area contributed by atoms with Gasteiger partial charge in [0.25, 0.3) is 0 Å². The fourth-order valence-electron chi connectivity index (χ4n) is 3.12. The number of sulfonamides is 1. The zero-order valence-electron chi connectivity index (χ0n) is 17.2. The summed E-state index contributed by atoms with van der Waals surface area (Å²) >= 11 is 0. The van der Waals surface area contributed by atoms with Crippen LogP contribution in [0.3, 0.4) is 0 Å². The van der Waals surface area contributed by atoms with Gasteiger partial charge in [-0.25, -0.2) is 22.1 Å². The molecule has 0 atom stereocenters. The van der Waals surface area contributed by atoms with Crippen LogP contribution in [0, 0.1) is 11.3 Å². The van der Waals surface area contributed by atoms with Gasteiger partial charge in [0.15, 0.2) is 5.69 Å². The molecule has 32 heavy (non-hydrogen) atoms. The van der Waals surface area contributed by atoms with Crippen molar-refractivity contribution in [3.05, 3.63) is 88.8 Å². The van der Waals surface area contributed by atoms with Gasteiger partial charge in [-0.1, -0.05) is 12.1 Å². The van der Waals surface area contributed by atoms with Gasteiger partial charge in [0.1, 0.15) is 0 Å². The molecule has 2 aromatic heterocycles. The molecule has 0 saturated carbocycles. The van der Waals surface area contributed by atoms with Crippen molar-refractivity contribution in [3.8, 4) is 28.8 Å². The van der Waals surface area contributed by atoms with Gasteiger partial charge in [-0.05, 0) is 42.5 Å². The number of nitriles is 1. The van der Waals surface area contributed by atoms with E-state index in [4.69, 9.17) is 0 Å². The normalized spacial score (nSPS) is 11.4. The van der Waals surface area contributed by atoms with E-state index in [1.54, 1.807) is 42.5 Å². The Labute approximate surface area is 184 Å². The molecule has 0 aliphatic carbocycles. The van der Waals surface area contributed by atoms with Crippen molar-refractivity contribution in [1.29, 1.82) is 5.26 Å². The lowest BCUT2D eigenvalue weighted by molar-refractivity contribution is 0.520. The molecule has 0 radical (unpaired) electrons. The Morgan fingerprint density at radius 3 is 2.50 bits per heavy atom. The molecule has 10 heteroatoms. The predicted molar refractivity (Wildman–Crippen MR) is 118 cm³/mol. The number of nitrogens with zero attached hydrogens (tertiary/aromatic N) is 6. The third-order valence-corrected chi connectivity index (χ3v) is 6.59. The molecule has 0 fully saturated rings. The summed E-state index contributed by atoms with van der Waals surface area (Å²) < 4.78 is 29.1. The van der Waals surface area contributed by atoms with Gasteiger partial charge in [0.05, 0.1) is 39.8 Å². The average molecular weight is 446 g/mol. The second-order valence-corrected chi connectivity index (χ2v) is 9.20. The van der Waals surface area contributed by atoms with Crippen molar-refractivity contribution >= 4 is 10.0 Å². The second kappa shape index (κ2) is 8.22. The van der Waals surface area contributed by atoms with Crippen LogP contribution in [0.25, 0.3) is 22.8 Å². The molecule has 0 amide bonds. The summed E-state index contributed by atoms with van der Waals surface area (Å²) in [5.41, 5.74) is 1.80. The molecule has 4 rings (SSSR count).